The van der Waals surface area contributed by atoms with Crippen LogP contribution in [0.4, 0.5) is 0 Å². The Morgan fingerprint density at radius 2 is 1.75 bits per heavy atom. The van der Waals surface area contributed by atoms with Gasteiger partial charge >= 0.3 is 5.97 Å². The van der Waals surface area contributed by atoms with Gasteiger partial charge in [0.2, 0.25) is 0 Å². The van der Waals surface area contributed by atoms with Gasteiger partial charge in [0.1, 0.15) is 5.54 Å². The molecule has 20 heavy (non-hydrogen) atoms. The summed E-state index contributed by atoms with van der Waals surface area (Å²) in [5.41, 5.74) is 4.99. The van der Waals surface area contributed by atoms with Crippen molar-refractivity contribution in [3.63, 3.8) is 0 Å². The van der Waals surface area contributed by atoms with E-state index in [4.69, 9.17) is 15.2 Å². The van der Waals surface area contributed by atoms with E-state index in [2.05, 4.69) is 0 Å². The van der Waals surface area contributed by atoms with Gasteiger partial charge in [-0.25, -0.2) is 0 Å². The van der Waals surface area contributed by atoms with E-state index in [9.17, 15) is 9.90 Å². The average Bonchev–Trinajstić information content (AvgIpc) is 3.23. The third-order valence-electron chi connectivity index (χ3n) is 3.70. The van der Waals surface area contributed by atoms with Crippen LogP contribution in [0.5, 0.6) is 0 Å². The molecule has 0 aromatic carbocycles. The first-order chi connectivity index (χ1) is 9.54. The van der Waals surface area contributed by atoms with Gasteiger partial charge < -0.3 is 20.3 Å². The van der Waals surface area contributed by atoms with Crippen LogP contribution in [0.3, 0.4) is 0 Å². The molecule has 0 amide bonds. The lowest BCUT2D eigenvalue weighted by atomic mass is 9.94. The highest BCUT2D eigenvalue weighted by atomic mass is 16.5. The molecule has 6 heteroatoms. The van der Waals surface area contributed by atoms with Gasteiger partial charge in [0.15, 0.2) is 0 Å². The van der Waals surface area contributed by atoms with Crippen LogP contribution < -0.4 is 5.73 Å². The lowest BCUT2D eigenvalue weighted by Gasteiger charge is -2.32. The molecule has 1 rings (SSSR count). The van der Waals surface area contributed by atoms with Crippen molar-refractivity contribution in [1.29, 1.82) is 0 Å². The van der Waals surface area contributed by atoms with Gasteiger partial charge in [-0.15, -0.1) is 0 Å². The molecule has 6 nitrogen and oxygen atoms in total. The molecule has 118 valence electrons. The second-order valence-corrected chi connectivity index (χ2v) is 5.29. The van der Waals surface area contributed by atoms with Gasteiger partial charge in [0, 0.05) is 32.8 Å². The molecule has 1 atom stereocenters. The summed E-state index contributed by atoms with van der Waals surface area (Å²) in [6.45, 7) is 8.10. The number of hydrogen-bond acceptors (Lipinski definition) is 5. The molecule has 0 bridgehead atoms. The highest BCUT2D eigenvalue weighted by Gasteiger charge is 2.49. The maximum Gasteiger partial charge on any atom is 0.325 e. The van der Waals surface area contributed by atoms with Gasteiger partial charge in [-0.1, -0.05) is 0 Å². The number of carboxylic acid groups (broad SMARTS) is 1. The molecule has 0 aliphatic heterocycles. The van der Waals surface area contributed by atoms with Gasteiger partial charge in [0.25, 0.3) is 0 Å². The first kappa shape index (κ1) is 17.4. The van der Waals surface area contributed by atoms with Crippen molar-refractivity contribution in [1.82, 2.24) is 4.90 Å². The lowest BCUT2D eigenvalue weighted by Crippen LogP contribution is -2.58. The number of ether oxygens (including phenoxy) is 2. The summed E-state index contributed by atoms with van der Waals surface area (Å²) in [6.07, 6.45) is 1.82. The summed E-state index contributed by atoms with van der Waals surface area (Å²) >= 11 is 0. The van der Waals surface area contributed by atoms with E-state index in [1.807, 2.05) is 18.7 Å². The second-order valence-electron chi connectivity index (χ2n) is 5.29. The summed E-state index contributed by atoms with van der Waals surface area (Å²) in [4.78, 5) is 13.5. The molecule has 1 saturated carbocycles. The van der Waals surface area contributed by atoms with Gasteiger partial charge in [0.05, 0.1) is 13.2 Å². The highest BCUT2D eigenvalue weighted by molar-refractivity contribution is 5.79. The Balaban J connectivity index is 2.53. The number of hydrogen-bond donors (Lipinski definition) is 2. The number of aliphatic carboxylic acids is 1. The predicted octanol–water partition coefficient (Wildman–Crippen LogP) is 0.554. The molecular weight excluding hydrogens is 260 g/mol. The number of rotatable bonds is 12. The summed E-state index contributed by atoms with van der Waals surface area (Å²) in [6, 6.07) is 0. The molecule has 0 aromatic rings. The van der Waals surface area contributed by atoms with Crippen LogP contribution in [0.15, 0.2) is 0 Å². The van der Waals surface area contributed by atoms with Crippen LogP contribution in [0, 0.1) is 5.92 Å². The van der Waals surface area contributed by atoms with Gasteiger partial charge in [-0.2, -0.15) is 0 Å². The van der Waals surface area contributed by atoms with Crippen LogP contribution in [0.25, 0.3) is 0 Å². The Kier molecular flexibility index (Phi) is 7.43. The van der Waals surface area contributed by atoms with E-state index < -0.39 is 11.5 Å². The maximum atomic E-state index is 11.5. The summed E-state index contributed by atoms with van der Waals surface area (Å²) in [5, 5.41) is 9.42. The molecule has 0 heterocycles. The standard InChI is InChI=1S/C14H28N2O4/c1-3-19-9-7-16(8-10-20-4-2)11-14(15,13(17)18)12-5-6-12/h12H,3-11,15H2,1-2H3,(H,17,18). The van der Waals surface area contributed by atoms with Crippen molar-refractivity contribution < 1.29 is 19.4 Å². The van der Waals surface area contributed by atoms with Crippen LogP contribution in [0.2, 0.25) is 0 Å². The van der Waals surface area contributed by atoms with Crippen molar-refractivity contribution >= 4 is 5.97 Å². The van der Waals surface area contributed by atoms with E-state index >= 15 is 0 Å². The molecule has 1 aliphatic carbocycles. The molecule has 0 radical (unpaired) electrons. The van der Waals surface area contributed by atoms with E-state index in [0.717, 1.165) is 12.8 Å². The van der Waals surface area contributed by atoms with E-state index in [0.29, 0.717) is 46.1 Å². The predicted molar refractivity (Wildman–Crippen MR) is 76.7 cm³/mol. The summed E-state index contributed by atoms with van der Waals surface area (Å²) < 4.78 is 10.7. The molecule has 1 unspecified atom stereocenters. The molecule has 0 spiro atoms. The summed E-state index contributed by atoms with van der Waals surface area (Å²) in [5.74, 6) is -0.806. The average molecular weight is 288 g/mol. The first-order valence-corrected chi connectivity index (χ1v) is 7.44. The molecular formula is C14H28N2O4. The van der Waals surface area contributed by atoms with Gasteiger partial charge in [-0.3, -0.25) is 9.69 Å². The Morgan fingerprint density at radius 1 is 1.25 bits per heavy atom. The zero-order valence-electron chi connectivity index (χ0n) is 12.6. The highest BCUT2D eigenvalue weighted by Crippen LogP contribution is 2.38. The largest absolute Gasteiger partial charge is 0.480 e. The Labute approximate surface area is 121 Å². The number of carbonyl (C=O) groups is 1. The molecule has 1 fully saturated rings. The number of nitrogens with zero attached hydrogens (tertiary/aromatic N) is 1. The third-order valence-corrected chi connectivity index (χ3v) is 3.70. The SMILES string of the molecule is CCOCCN(CCOCC)CC(N)(C(=O)O)C1CC1. The first-order valence-electron chi connectivity index (χ1n) is 7.44. The Hall–Kier alpha value is -0.690. The fourth-order valence-electron chi connectivity index (χ4n) is 2.29. The molecule has 0 aromatic heterocycles. The third kappa shape index (κ3) is 5.36. The molecule has 1 aliphatic rings. The monoisotopic (exact) mass is 288 g/mol. The van der Waals surface area contributed by atoms with Crippen molar-refractivity contribution in [2.24, 2.45) is 11.7 Å². The van der Waals surface area contributed by atoms with E-state index in [1.54, 1.807) is 0 Å². The fraction of sp³-hybridized carbons (Fsp3) is 0.929. The van der Waals surface area contributed by atoms with Gasteiger partial charge in [-0.05, 0) is 32.6 Å². The minimum absolute atomic E-state index is 0.0988. The minimum Gasteiger partial charge on any atom is -0.480 e. The topological polar surface area (TPSA) is 85.0 Å². The van der Waals surface area contributed by atoms with Crippen LogP contribution in [-0.2, 0) is 14.3 Å². The van der Waals surface area contributed by atoms with Crippen LogP contribution in [-0.4, -0.2) is 67.6 Å². The maximum absolute atomic E-state index is 11.5. The van der Waals surface area contributed by atoms with Crippen molar-refractivity contribution in [3.8, 4) is 0 Å². The van der Waals surface area contributed by atoms with Crippen molar-refractivity contribution in [2.45, 2.75) is 32.2 Å². The Bertz CT molecular complexity index is 287. The van der Waals surface area contributed by atoms with E-state index in [1.165, 1.54) is 0 Å². The lowest BCUT2D eigenvalue weighted by molar-refractivity contribution is -0.145. The zero-order chi connectivity index (χ0) is 15.0. The molecule has 0 saturated heterocycles. The normalized spacial score (nSPS) is 18.2. The van der Waals surface area contributed by atoms with E-state index in [-0.39, 0.29) is 5.92 Å². The zero-order valence-corrected chi connectivity index (χ0v) is 12.6. The quantitative estimate of drug-likeness (QED) is 0.510. The van der Waals surface area contributed by atoms with Crippen molar-refractivity contribution in [3.05, 3.63) is 0 Å². The Morgan fingerprint density at radius 3 is 2.10 bits per heavy atom. The fourth-order valence-corrected chi connectivity index (χ4v) is 2.29. The van der Waals surface area contributed by atoms with Crippen LogP contribution in [0.1, 0.15) is 26.7 Å². The van der Waals surface area contributed by atoms with Crippen molar-refractivity contribution in [2.75, 3.05) is 46.1 Å². The number of nitrogens with two attached hydrogens (primary N) is 1. The summed E-state index contributed by atoms with van der Waals surface area (Å²) in [7, 11) is 0. The second kappa shape index (κ2) is 8.56. The minimum atomic E-state index is -1.14. The van der Waals surface area contributed by atoms with Crippen LogP contribution >= 0.6 is 0 Å². The molecule has 3 N–H and O–H groups in total. The smallest absolute Gasteiger partial charge is 0.325 e. The number of carboxylic acids is 1.